The van der Waals surface area contributed by atoms with Crippen LogP contribution in [0.25, 0.3) is 0 Å². The van der Waals surface area contributed by atoms with Gasteiger partial charge in [0, 0.05) is 19.6 Å². The van der Waals surface area contributed by atoms with Crippen LogP contribution in [0.15, 0.2) is 18.2 Å². The second-order valence-electron chi connectivity index (χ2n) is 4.63. The van der Waals surface area contributed by atoms with Crippen LogP contribution in [0.4, 0.5) is 24.5 Å². The van der Waals surface area contributed by atoms with Gasteiger partial charge in [-0.15, -0.1) is 0 Å². The summed E-state index contributed by atoms with van der Waals surface area (Å²) in [6.07, 6.45) is -4.40. The highest BCUT2D eigenvalue weighted by Crippen LogP contribution is 2.38. The maximum Gasteiger partial charge on any atom is 0.416 e. The smallest absolute Gasteiger partial charge is 0.356 e. The van der Waals surface area contributed by atoms with Crippen molar-refractivity contribution in [1.82, 2.24) is 5.32 Å². The Labute approximate surface area is 107 Å². The van der Waals surface area contributed by atoms with Crippen LogP contribution >= 0.6 is 0 Å². The molecule has 0 aromatic heterocycles. The molecule has 1 saturated heterocycles. The van der Waals surface area contributed by atoms with Crippen LogP contribution in [0.5, 0.6) is 0 Å². The summed E-state index contributed by atoms with van der Waals surface area (Å²) in [6.45, 7) is 1.83. The summed E-state index contributed by atoms with van der Waals surface area (Å²) in [5, 5.41) is 5.65. The molecule has 1 atom stereocenters. The molecule has 0 radical (unpaired) electrons. The van der Waals surface area contributed by atoms with Crippen LogP contribution in [-0.2, 0) is 11.0 Å². The van der Waals surface area contributed by atoms with Crippen molar-refractivity contribution in [3.05, 3.63) is 23.8 Å². The van der Waals surface area contributed by atoms with Crippen molar-refractivity contribution in [2.24, 2.45) is 0 Å². The van der Waals surface area contributed by atoms with Gasteiger partial charge in [0.15, 0.2) is 0 Å². The average molecular weight is 271 g/mol. The number of hydrogen-bond donors (Lipinski definition) is 2. The number of fused-ring (bicyclic) bond motifs is 3. The number of carbonyl (C=O) groups is 1. The summed E-state index contributed by atoms with van der Waals surface area (Å²) in [4.78, 5) is 13.7. The molecule has 3 rings (SSSR count). The number of anilines is 2. The lowest BCUT2D eigenvalue weighted by atomic mass is 10.0. The minimum absolute atomic E-state index is 0.234. The molecule has 1 aromatic rings. The van der Waals surface area contributed by atoms with Crippen LogP contribution in [0, 0.1) is 0 Å². The number of carbonyl (C=O) groups excluding carboxylic acids is 1. The third kappa shape index (κ3) is 2.03. The van der Waals surface area contributed by atoms with E-state index in [1.807, 2.05) is 4.90 Å². The van der Waals surface area contributed by atoms with E-state index in [0.29, 0.717) is 25.3 Å². The molecule has 2 aliphatic rings. The molecular weight excluding hydrogens is 259 g/mol. The molecule has 0 bridgehead atoms. The largest absolute Gasteiger partial charge is 0.416 e. The number of rotatable bonds is 0. The second-order valence-corrected chi connectivity index (χ2v) is 4.63. The fourth-order valence-electron chi connectivity index (χ4n) is 2.51. The van der Waals surface area contributed by atoms with Crippen molar-refractivity contribution in [2.75, 3.05) is 29.9 Å². The minimum atomic E-state index is -4.40. The summed E-state index contributed by atoms with van der Waals surface area (Å²) in [5.41, 5.74) is 0.136. The van der Waals surface area contributed by atoms with Crippen molar-refractivity contribution < 1.29 is 18.0 Å². The fraction of sp³-hybridized carbons (Fsp3) is 0.417. The average Bonchev–Trinajstić information content (AvgIpc) is 2.37. The molecule has 4 nitrogen and oxygen atoms in total. The van der Waals surface area contributed by atoms with E-state index >= 15 is 0 Å². The van der Waals surface area contributed by atoms with E-state index in [1.54, 1.807) is 0 Å². The van der Waals surface area contributed by atoms with E-state index in [4.69, 9.17) is 0 Å². The first-order valence-electron chi connectivity index (χ1n) is 5.96. The summed E-state index contributed by atoms with van der Waals surface area (Å²) < 4.78 is 38.0. The Hall–Kier alpha value is -1.76. The molecule has 2 N–H and O–H groups in total. The van der Waals surface area contributed by atoms with Gasteiger partial charge in [-0.1, -0.05) is 0 Å². The van der Waals surface area contributed by atoms with Gasteiger partial charge in [-0.3, -0.25) is 4.79 Å². The van der Waals surface area contributed by atoms with Crippen molar-refractivity contribution in [1.29, 1.82) is 0 Å². The predicted octanol–water partition coefficient (Wildman–Crippen LogP) is 1.44. The van der Waals surface area contributed by atoms with Gasteiger partial charge in [-0.2, -0.15) is 13.2 Å². The lowest BCUT2D eigenvalue weighted by Gasteiger charge is -2.41. The molecule has 1 amide bonds. The Kier molecular flexibility index (Phi) is 2.67. The van der Waals surface area contributed by atoms with E-state index in [2.05, 4.69) is 10.6 Å². The van der Waals surface area contributed by atoms with Gasteiger partial charge in [0.05, 0.1) is 16.9 Å². The molecule has 2 aliphatic heterocycles. The molecule has 102 valence electrons. The first-order chi connectivity index (χ1) is 8.97. The molecule has 19 heavy (non-hydrogen) atoms. The second kappa shape index (κ2) is 4.12. The molecule has 7 heteroatoms. The Bertz CT molecular complexity index is 529. The molecule has 2 heterocycles. The van der Waals surface area contributed by atoms with E-state index in [1.165, 1.54) is 6.07 Å². The van der Waals surface area contributed by atoms with Crippen LogP contribution in [0.2, 0.25) is 0 Å². The first-order valence-corrected chi connectivity index (χ1v) is 5.96. The predicted molar refractivity (Wildman–Crippen MR) is 64.1 cm³/mol. The zero-order valence-electron chi connectivity index (χ0n) is 9.92. The summed E-state index contributed by atoms with van der Waals surface area (Å²) in [6, 6.07) is 3.12. The van der Waals surface area contributed by atoms with Crippen molar-refractivity contribution in [3.8, 4) is 0 Å². The lowest BCUT2D eigenvalue weighted by molar-refractivity contribution is -0.137. The molecule has 1 unspecified atom stereocenters. The summed E-state index contributed by atoms with van der Waals surface area (Å²) in [5.74, 6) is -0.265. The standard InChI is InChI=1S/C12H12F3N3O/c13-12(14,15)7-1-2-9-8(5-7)17-11(19)10-6-16-3-4-18(9)10/h1-2,5,10,16H,3-4,6H2,(H,17,19). The number of amides is 1. The highest BCUT2D eigenvalue weighted by atomic mass is 19.4. The van der Waals surface area contributed by atoms with E-state index < -0.39 is 11.7 Å². The highest BCUT2D eigenvalue weighted by molar-refractivity contribution is 6.04. The number of hydrogen-bond acceptors (Lipinski definition) is 3. The number of piperazine rings is 1. The lowest BCUT2D eigenvalue weighted by Crippen LogP contribution is -2.58. The van der Waals surface area contributed by atoms with Crippen LogP contribution < -0.4 is 15.5 Å². The maximum atomic E-state index is 12.7. The summed E-state index contributed by atoms with van der Waals surface area (Å²) in [7, 11) is 0. The van der Waals surface area contributed by atoms with Crippen LogP contribution in [-0.4, -0.2) is 31.6 Å². The quantitative estimate of drug-likeness (QED) is 0.750. The van der Waals surface area contributed by atoms with Crippen molar-refractivity contribution in [2.45, 2.75) is 12.2 Å². The van der Waals surface area contributed by atoms with Gasteiger partial charge in [0.2, 0.25) is 5.91 Å². The first kappa shape index (κ1) is 12.3. The maximum absolute atomic E-state index is 12.7. The molecular formula is C12H12F3N3O. The molecule has 0 spiro atoms. The minimum Gasteiger partial charge on any atom is -0.356 e. The van der Waals surface area contributed by atoms with Gasteiger partial charge in [-0.05, 0) is 18.2 Å². The Balaban J connectivity index is 2.03. The fourth-order valence-corrected chi connectivity index (χ4v) is 2.51. The topological polar surface area (TPSA) is 44.4 Å². The number of nitrogens with zero attached hydrogens (tertiary/aromatic N) is 1. The van der Waals surface area contributed by atoms with Crippen LogP contribution in [0.1, 0.15) is 5.56 Å². The number of benzene rings is 1. The molecule has 1 fully saturated rings. The van der Waals surface area contributed by atoms with Crippen LogP contribution in [0.3, 0.4) is 0 Å². The monoisotopic (exact) mass is 271 g/mol. The molecule has 0 aliphatic carbocycles. The highest BCUT2D eigenvalue weighted by Gasteiger charge is 2.37. The third-order valence-electron chi connectivity index (χ3n) is 3.44. The number of alkyl halides is 3. The van der Waals surface area contributed by atoms with Crippen molar-refractivity contribution >= 4 is 17.3 Å². The zero-order valence-corrected chi connectivity index (χ0v) is 9.92. The molecule has 0 saturated carbocycles. The zero-order chi connectivity index (χ0) is 13.6. The van der Waals surface area contributed by atoms with Gasteiger partial charge in [0.1, 0.15) is 6.04 Å². The Morgan fingerprint density at radius 2 is 2.11 bits per heavy atom. The van der Waals surface area contributed by atoms with E-state index in [0.717, 1.165) is 12.1 Å². The SMILES string of the molecule is O=C1Nc2cc(C(F)(F)F)ccc2N2CCNCC12. The van der Waals surface area contributed by atoms with Gasteiger partial charge >= 0.3 is 6.18 Å². The normalized spacial score (nSPS) is 22.6. The van der Waals surface area contributed by atoms with Gasteiger partial charge in [-0.25, -0.2) is 0 Å². The van der Waals surface area contributed by atoms with Gasteiger partial charge < -0.3 is 15.5 Å². The van der Waals surface area contributed by atoms with E-state index in [9.17, 15) is 18.0 Å². The number of nitrogens with one attached hydrogen (secondary N) is 2. The van der Waals surface area contributed by atoms with E-state index in [-0.39, 0.29) is 17.6 Å². The molecule has 1 aromatic carbocycles. The van der Waals surface area contributed by atoms with Crippen molar-refractivity contribution in [3.63, 3.8) is 0 Å². The Morgan fingerprint density at radius 3 is 2.84 bits per heavy atom. The number of halogens is 3. The van der Waals surface area contributed by atoms with Gasteiger partial charge in [0.25, 0.3) is 0 Å². The summed E-state index contributed by atoms with van der Waals surface area (Å²) >= 11 is 0. The third-order valence-corrected chi connectivity index (χ3v) is 3.44. The Morgan fingerprint density at radius 1 is 1.32 bits per heavy atom.